The van der Waals surface area contributed by atoms with E-state index in [0.717, 1.165) is 53.6 Å². The van der Waals surface area contributed by atoms with Crippen molar-refractivity contribution in [3.63, 3.8) is 0 Å². The van der Waals surface area contributed by atoms with E-state index in [0.29, 0.717) is 0 Å². The molecule has 2 nitrogen and oxygen atoms in total. The molecule has 2 heterocycles. The first-order valence-electron chi connectivity index (χ1n) is 11.0. The summed E-state index contributed by atoms with van der Waals surface area (Å²) < 4.78 is 0. The van der Waals surface area contributed by atoms with Crippen molar-refractivity contribution < 1.29 is 9.59 Å². The second-order valence-corrected chi connectivity index (χ2v) is 10.2. The van der Waals surface area contributed by atoms with Crippen molar-refractivity contribution in [3.8, 4) is 21.6 Å². The van der Waals surface area contributed by atoms with Gasteiger partial charge >= 0.3 is 0 Å². The SMILES string of the molecule is O=C1c2ccsc2-c2cccc3cccc1c23.O=C1c2sccc2-c2cccc3cccc1c23. The van der Waals surface area contributed by atoms with Crippen molar-refractivity contribution in [1.29, 1.82) is 0 Å². The number of carbonyl (C=O) groups is 2. The molecule has 34 heavy (non-hydrogen) atoms. The van der Waals surface area contributed by atoms with Crippen LogP contribution < -0.4 is 0 Å². The van der Waals surface area contributed by atoms with Crippen molar-refractivity contribution in [1.82, 2.24) is 0 Å². The molecule has 2 aromatic heterocycles. The van der Waals surface area contributed by atoms with Crippen LogP contribution in [0.3, 0.4) is 0 Å². The highest BCUT2D eigenvalue weighted by Gasteiger charge is 2.26. The average molecular weight is 473 g/mol. The van der Waals surface area contributed by atoms with Crippen LogP contribution in [0.25, 0.3) is 43.1 Å². The molecule has 0 radical (unpaired) electrons. The molecule has 0 fully saturated rings. The second kappa shape index (κ2) is 7.32. The number of fused-ring (bicyclic) bond motifs is 4. The Labute approximate surface area is 203 Å². The lowest BCUT2D eigenvalue weighted by atomic mass is 9.87. The number of rotatable bonds is 0. The molecule has 8 rings (SSSR count). The average Bonchev–Trinajstić information content (AvgIpc) is 3.57. The number of thiophene rings is 2. The number of hydrogen-bond donors (Lipinski definition) is 0. The van der Waals surface area contributed by atoms with Crippen LogP contribution in [0.15, 0.2) is 95.7 Å². The standard InChI is InChI=1S/2C15H8OS/c16-14-12-6-2-4-9-3-1-5-10(13(9)12)11-7-8-17-15(11)14;16-14-10-5-1-3-9-4-2-6-11(13(9)10)15-12(14)7-8-17-15/h2*1-8H. The van der Waals surface area contributed by atoms with Crippen LogP contribution in [0, 0.1) is 0 Å². The summed E-state index contributed by atoms with van der Waals surface area (Å²) in [7, 11) is 0. The molecule has 160 valence electrons. The van der Waals surface area contributed by atoms with Gasteiger partial charge in [-0.2, -0.15) is 0 Å². The summed E-state index contributed by atoms with van der Waals surface area (Å²) >= 11 is 3.18. The third-order valence-electron chi connectivity index (χ3n) is 6.61. The van der Waals surface area contributed by atoms with Gasteiger partial charge in [0.15, 0.2) is 5.78 Å². The van der Waals surface area contributed by atoms with E-state index in [1.807, 2.05) is 47.2 Å². The van der Waals surface area contributed by atoms with Crippen molar-refractivity contribution in [3.05, 3.63) is 117 Å². The zero-order chi connectivity index (χ0) is 22.8. The number of ketones is 2. The maximum Gasteiger partial charge on any atom is 0.204 e. The second-order valence-electron chi connectivity index (χ2n) is 8.40. The van der Waals surface area contributed by atoms with Gasteiger partial charge in [0.1, 0.15) is 0 Å². The number of hydrogen-bond acceptors (Lipinski definition) is 4. The van der Waals surface area contributed by atoms with E-state index in [-0.39, 0.29) is 11.6 Å². The van der Waals surface area contributed by atoms with E-state index >= 15 is 0 Å². The van der Waals surface area contributed by atoms with Gasteiger partial charge in [0.05, 0.1) is 4.88 Å². The Balaban J connectivity index is 0.000000118. The Hall–Kier alpha value is -3.86. The molecule has 4 heteroatoms. The first-order valence-corrected chi connectivity index (χ1v) is 12.8. The highest BCUT2D eigenvalue weighted by Crippen LogP contribution is 2.42. The van der Waals surface area contributed by atoms with Gasteiger partial charge in [-0.1, -0.05) is 72.8 Å². The van der Waals surface area contributed by atoms with Gasteiger partial charge in [-0.05, 0) is 39.2 Å². The first kappa shape index (κ1) is 19.6. The summed E-state index contributed by atoms with van der Waals surface area (Å²) in [6, 6.07) is 28.3. The maximum absolute atomic E-state index is 12.4. The third kappa shape index (κ3) is 2.67. The Kier molecular flexibility index (Phi) is 4.22. The molecule has 0 saturated carbocycles. The maximum atomic E-state index is 12.4. The van der Waals surface area contributed by atoms with Gasteiger partial charge in [0.25, 0.3) is 0 Å². The van der Waals surface area contributed by atoms with Crippen LogP contribution in [0.5, 0.6) is 0 Å². The molecule has 0 atom stereocenters. The van der Waals surface area contributed by atoms with Gasteiger partial charge in [-0.25, -0.2) is 0 Å². The fraction of sp³-hybridized carbons (Fsp3) is 0. The van der Waals surface area contributed by atoms with Gasteiger partial charge in [-0.3, -0.25) is 9.59 Å². The monoisotopic (exact) mass is 472 g/mol. The molecule has 0 amide bonds. The molecular weight excluding hydrogens is 456 g/mol. The van der Waals surface area contributed by atoms with Gasteiger partial charge in [0, 0.05) is 43.5 Å². The fourth-order valence-electron chi connectivity index (χ4n) is 5.14. The summed E-state index contributed by atoms with van der Waals surface area (Å²) in [4.78, 5) is 26.7. The molecule has 4 aromatic carbocycles. The lowest BCUT2D eigenvalue weighted by molar-refractivity contribution is 0.103. The molecule has 0 saturated heterocycles. The van der Waals surface area contributed by atoms with Crippen LogP contribution in [0.1, 0.15) is 31.2 Å². The normalized spacial score (nSPS) is 12.8. The van der Waals surface area contributed by atoms with E-state index in [4.69, 9.17) is 0 Å². The van der Waals surface area contributed by atoms with E-state index < -0.39 is 0 Å². The lowest BCUT2D eigenvalue weighted by Gasteiger charge is -2.16. The number of carbonyl (C=O) groups excluding carboxylic acids is 2. The zero-order valence-electron chi connectivity index (χ0n) is 17.9. The Bertz CT molecular complexity index is 1660. The van der Waals surface area contributed by atoms with E-state index in [1.54, 1.807) is 11.3 Å². The smallest absolute Gasteiger partial charge is 0.204 e. The van der Waals surface area contributed by atoms with Crippen LogP contribution in [0.4, 0.5) is 0 Å². The minimum absolute atomic E-state index is 0.158. The van der Waals surface area contributed by atoms with Crippen molar-refractivity contribution in [2.75, 3.05) is 0 Å². The molecule has 0 bridgehead atoms. The highest BCUT2D eigenvalue weighted by molar-refractivity contribution is 7.14. The van der Waals surface area contributed by atoms with Crippen molar-refractivity contribution in [2.24, 2.45) is 0 Å². The Morgan fingerprint density at radius 2 is 0.912 bits per heavy atom. The van der Waals surface area contributed by atoms with Gasteiger partial charge in [-0.15, -0.1) is 22.7 Å². The molecule has 0 spiro atoms. The number of benzene rings is 4. The van der Waals surface area contributed by atoms with Crippen LogP contribution in [0.2, 0.25) is 0 Å². The summed E-state index contributed by atoms with van der Waals surface area (Å²) in [5.74, 6) is 0.324. The molecule has 0 aliphatic heterocycles. The minimum atomic E-state index is 0.158. The third-order valence-corrected chi connectivity index (χ3v) is 8.48. The van der Waals surface area contributed by atoms with Gasteiger partial charge in [0.2, 0.25) is 5.78 Å². The van der Waals surface area contributed by atoms with E-state index in [2.05, 4.69) is 48.5 Å². The topological polar surface area (TPSA) is 34.1 Å². The quantitative estimate of drug-likeness (QED) is 0.223. The van der Waals surface area contributed by atoms with E-state index in [9.17, 15) is 9.59 Å². The van der Waals surface area contributed by atoms with Crippen molar-refractivity contribution in [2.45, 2.75) is 0 Å². The van der Waals surface area contributed by atoms with Crippen LogP contribution >= 0.6 is 22.7 Å². The predicted molar refractivity (Wildman–Crippen MR) is 141 cm³/mol. The van der Waals surface area contributed by atoms with Gasteiger partial charge < -0.3 is 0 Å². The first-order chi connectivity index (χ1) is 16.7. The Morgan fingerprint density at radius 3 is 1.59 bits per heavy atom. The van der Waals surface area contributed by atoms with Crippen molar-refractivity contribution >= 4 is 55.8 Å². The van der Waals surface area contributed by atoms with Crippen LogP contribution in [-0.2, 0) is 0 Å². The predicted octanol–water partition coefficient (Wildman–Crippen LogP) is 8.23. The Morgan fingerprint density at radius 1 is 0.412 bits per heavy atom. The molecule has 6 aromatic rings. The fourth-order valence-corrected chi connectivity index (χ4v) is 6.92. The zero-order valence-corrected chi connectivity index (χ0v) is 19.5. The lowest BCUT2D eigenvalue weighted by Crippen LogP contribution is -2.07. The summed E-state index contributed by atoms with van der Waals surface area (Å²) in [6.45, 7) is 0. The minimum Gasteiger partial charge on any atom is -0.289 e. The molecule has 2 aliphatic carbocycles. The molecule has 2 aliphatic rings. The largest absolute Gasteiger partial charge is 0.289 e. The summed E-state index contributed by atoms with van der Waals surface area (Å²) in [5, 5.41) is 8.49. The molecule has 0 N–H and O–H groups in total. The van der Waals surface area contributed by atoms with E-state index in [1.165, 1.54) is 22.5 Å². The molecule has 0 unspecified atom stereocenters. The molecular formula is C30H16O2S2. The summed E-state index contributed by atoms with van der Waals surface area (Å²) in [6.07, 6.45) is 0. The summed E-state index contributed by atoms with van der Waals surface area (Å²) in [5.41, 5.74) is 6.00. The van der Waals surface area contributed by atoms with Crippen LogP contribution in [-0.4, -0.2) is 11.6 Å². The highest BCUT2D eigenvalue weighted by atomic mass is 32.1.